The summed E-state index contributed by atoms with van der Waals surface area (Å²) in [5.74, 6) is -0.235. The van der Waals surface area contributed by atoms with Crippen LogP contribution in [0.2, 0.25) is 0 Å². The fourth-order valence-corrected chi connectivity index (χ4v) is 1.14. The van der Waals surface area contributed by atoms with Crippen molar-refractivity contribution in [2.75, 3.05) is 5.32 Å². The van der Waals surface area contributed by atoms with Crippen LogP contribution in [0.4, 0.5) is 15.8 Å². The third-order valence-corrected chi connectivity index (χ3v) is 1.79. The van der Waals surface area contributed by atoms with Gasteiger partial charge in [0.25, 0.3) is 0 Å². The van der Waals surface area contributed by atoms with E-state index in [-0.39, 0.29) is 5.82 Å². The highest BCUT2D eigenvalue weighted by atomic mass is 19.1. The Morgan fingerprint density at radius 2 is 1.79 bits per heavy atom. The van der Waals surface area contributed by atoms with Crippen LogP contribution in [-0.2, 0) is 0 Å². The van der Waals surface area contributed by atoms with Gasteiger partial charge in [-0.2, -0.15) is 0 Å². The molecule has 0 spiro atoms. The molecular weight excluding hydrogens is 179 g/mol. The molecule has 2 aromatic rings. The molecule has 0 radical (unpaired) electrons. The second-order valence-electron chi connectivity index (χ2n) is 2.87. The Labute approximate surface area is 81.4 Å². The molecule has 1 aromatic heterocycles. The van der Waals surface area contributed by atoms with Gasteiger partial charge in [0.1, 0.15) is 5.82 Å². The first-order valence-corrected chi connectivity index (χ1v) is 4.27. The van der Waals surface area contributed by atoms with Crippen molar-refractivity contribution in [2.45, 2.75) is 0 Å². The van der Waals surface area contributed by atoms with E-state index in [9.17, 15) is 4.39 Å². The van der Waals surface area contributed by atoms with Crippen LogP contribution < -0.4 is 5.32 Å². The van der Waals surface area contributed by atoms with Gasteiger partial charge in [-0.15, -0.1) is 0 Å². The Balaban J connectivity index is 2.16. The Morgan fingerprint density at radius 3 is 2.43 bits per heavy atom. The van der Waals surface area contributed by atoms with Crippen LogP contribution >= 0.6 is 0 Å². The molecule has 1 N–H and O–H groups in total. The van der Waals surface area contributed by atoms with Crippen LogP contribution in [0.15, 0.2) is 48.8 Å². The van der Waals surface area contributed by atoms with Gasteiger partial charge in [0.05, 0.1) is 11.9 Å². The summed E-state index contributed by atoms with van der Waals surface area (Å²) < 4.78 is 12.6. The highest BCUT2D eigenvalue weighted by Gasteiger charge is 1.93. The van der Waals surface area contributed by atoms with Crippen LogP contribution in [0.1, 0.15) is 0 Å². The van der Waals surface area contributed by atoms with Crippen molar-refractivity contribution in [1.82, 2.24) is 4.98 Å². The summed E-state index contributed by atoms with van der Waals surface area (Å²) in [7, 11) is 0. The molecule has 3 heteroatoms. The average molecular weight is 188 g/mol. The zero-order valence-corrected chi connectivity index (χ0v) is 7.44. The van der Waals surface area contributed by atoms with Crippen molar-refractivity contribution in [3.63, 3.8) is 0 Å². The fraction of sp³-hybridized carbons (Fsp3) is 0. The molecule has 0 saturated carbocycles. The maximum atomic E-state index is 12.6. The van der Waals surface area contributed by atoms with E-state index in [0.29, 0.717) is 0 Å². The van der Waals surface area contributed by atoms with Crippen LogP contribution in [0.3, 0.4) is 0 Å². The summed E-state index contributed by atoms with van der Waals surface area (Å²) in [5, 5.41) is 3.10. The molecule has 70 valence electrons. The number of pyridine rings is 1. The van der Waals surface area contributed by atoms with E-state index < -0.39 is 0 Å². The quantitative estimate of drug-likeness (QED) is 0.783. The molecule has 0 aliphatic carbocycles. The average Bonchev–Trinajstić information content (AvgIpc) is 2.23. The number of nitrogens with zero attached hydrogens (tertiary/aromatic N) is 1. The predicted octanol–water partition coefficient (Wildman–Crippen LogP) is 2.96. The number of anilines is 2. The number of rotatable bonds is 2. The molecule has 0 amide bonds. The number of aromatic nitrogens is 1. The Bertz CT molecular complexity index is 397. The summed E-state index contributed by atoms with van der Waals surface area (Å²) in [5.41, 5.74) is 1.73. The lowest BCUT2D eigenvalue weighted by atomic mass is 10.3. The standard InChI is InChI=1S/C11H9FN2/c12-9-3-5-10(6-4-9)14-11-2-1-7-13-8-11/h1-8,14H. The predicted molar refractivity (Wildman–Crippen MR) is 53.9 cm³/mol. The Kier molecular flexibility index (Phi) is 2.40. The topological polar surface area (TPSA) is 24.9 Å². The largest absolute Gasteiger partial charge is 0.354 e. The van der Waals surface area contributed by atoms with Crippen LogP contribution in [0.5, 0.6) is 0 Å². The molecule has 2 nitrogen and oxygen atoms in total. The van der Waals surface area contributed by atoms with Crippen LogP contribution in [0.25, 0.3) is 0 Å². The first-order valence-electron chi connectivity index (χ1n) is 4.27. The third kappa shape index (κ3) is 2.07. The molecule has 0 atom stereocenters. The first kappa shape index (κ1) is 8.69. The molecule has 2 rings (SSSR count). The van der Waals surface area contributed by atoms with Gasteiger partial charge in [-0.1, -0.05) is 0 Å². The highest BCUT2D eigenvalue weighted by Crippen LogP contribution is 2.14. The Morgan fingerprint density at radius 1 is 1.00 bits per heavy atom. The van der Waals surface area contributed by atoms with E-state index in [0.717, 1.165) is 11.4 Å². The molecule has 0 fully saturated rings. The van der Waals surface area contributed by atoms with Crippen molar-refractivity contribution in [1.29, 1.82) is 0 Å². The van der Waals surface area contributed by atoms with Crippen molar-refractivity contribution in [3.05, 3.63) is 54.6 Å². The van der Waals surface area contributed by atoms with Gasteiger partial charge in [-0.25, -0.2) is 4.39 Å². The summed E-state index contributed by atoms with van der Waals surface area (Å²) in [6.07, 6.45) is 3.42. The third-order valence-electron chi connectivity index (χ3n) is 1.79. The summed E-state index contributed by atoms with van der Waals surface area (Å²) in [6.45, 7) is 0. The second-order valence-corrected chi connectivity index (χ2v) is 2.87. The van der Waals surface area contributed by atoms with Gasteiger partial charge < -0.3 is 5.32 Å². The van der Waals surface area contributed by atoms with Crippen molar-refractivity contribution >= 4 is 11.4 Å². The van der Waals surface area contributed by atoms with Gasteiger partial charge in [-0.3, -0.25) is 4.98 Å². The monoisotopic (exact) mass is 188 g/mol. The zero-order chi connectivity index (χ0) is 9.80. The minimum Gasteiger partial charge on any atom is -0.354 e. The zero-order valence-electron chi connectivity index (χ0n) is 7.44. The van der Waals surface area contributed by atoms with Gasteiger partial charge in [0.15, 0.2) is 0 Å². The van der Waals surface area contributed by atoms with Crippen molar-refractivity contribution < 1.29 is 4.39 Å². The number of nitrogens with one attached hydrogen (secondary N) is 1. The smallest absolute Gasteiger partial charge is 0.123 e. The molecule has 0 unspecified atom stereocenters. The number of hydrogen-bond donors (Lipinski definition) is 1. The SMILES string of the molecule is Fc1ccc(Nc2cccnc2)cc1. The molecular formula is C11H9FN2. The van der Waals surface area contributed by atoms with Crippen molar-refractivity contribution in [3.8, 4) is 0 Å². The van der Waals surface area contributed by atoms with E-state index in [2.05, 4.69) is 10.3 Å². The second kappa shape index (κ2) is 3.87. The molecule has 0 saturated heterocycles. The minimum absolute atomic E-state index is 0.235. The van der Waals surface area contributed by atoms with Crippen molar-refractivity contribution in [2.24, 2.45) is 0 Å². The van der Waals surface area contributed by atoms with Crippen LogP contribution in [-0.4, -0.2) is 4.98 Å². The maximum absolute atomic E-state index is 12.6. The number of benzene rings is 1. The Hall–Kier alpha value is -1.90. The van der Waals surface area contributed by atoms with Gasteiger partial charge in [0.2, 0.25) is 0 Å². The minimum atomic E-state index is -0.235. The van der Waals surface area contributed by atoms with Gasteiger partial charge >= 0.3 is 0 Å². The van der Waals surface area contributed by atoms with E-state index >= 15 is 0 Å². The molecule has 0 aliphatic rings. The number of hydrogen-bond acceptors (Lipinski definition) is 2. The lowest BCUT2D eigenvalue weighted by molar-refractivity contribution is 0.628. The maximum Gasteiger partial charge on any atom is 0.123 e. The molecule has 1 aromatic carbocycles. The summed E-state index contributed by atoms with van der Waals surface area (Å²) >= 11 is 0. The van der Waals surface area contributed by atoms with Crippen LogP contribution in [0, 0.1) is 5.82 Å². The highest BCUT2D eigenvalue weighted by molar-refractivity contribution is 5.57. The van der Waals surface area contributed by atoms with E-state index in [1.165, 1.54) is 12.1 Å². The van der Waals surface area contributed by atoms with E-state index in [4.69, 9.17) is 0 Å². The summed E-state index contributed by atoms with van der Waals surface area (Å²) in [6, 6.07) is 9.93. The molecule has 1 heterocycles. The normalized spacial score (nSPS) is 9.79. The molecule has 14 heavy (non-hydrogen) atoms. The summed E-state index contributed by atoms with van der Waals surface area (Å²) in [4.78, 5) is 3.96. The lowest BCUT2D eigenvalue weighted by Crippen LogP contribution is -1.90. The van der Waals surface area contributed by atoms with Gasteiger partial charge in [0, 0.05) is 11.9 Å². The van der Waals surface area contributed by atoms with E-state index in [1.54, 1.807) is 24.5 Å². The molecule has 0 bridgehead atoms. The van der Waals surface area contributed by atoms with Gasteiger partial charge in [-0.05, 0) is 36.4 Å². The number of halogens is 1. The van der Waals surface area contributed by atoms with E-state index in [1.807, 2.05) is 12.1 Å². The lowest BCUT2D eigenvalue weighted by Gasteiger charge is -2.04. The fourth-order valence-electron chi connectivity index (χ4n) is 1.14. The molecule has 0 aliphatic heterocycles. The first-order chi connectivity index (χ1) is 6.84.